The van der Waals surface area contributed by atoms with Gasteiger partial charge in [0.1, 0.15) is 0 Å². The van der Waals surface area contributed by atoms with Crippen molar-refractivity contribution in [3.05, 3.63) is 24.3 Å². The molecule has 98 valence electrons. The Morgan fingerprint density at radius 1 is 1.33 bits per heavy atom. The van der Waals surface area contributed by atoms with Crippen LogP contribution in [-0.4, -0.2) is 46.8 Å². The lowest BCUT2D eigenvalue weighted by molar-refractivity contribution is -0.135. The Hall–Kier alpha value is -1.75. The minimum Gasteiger partial charge on any atom is -0.504 e. The van der Waals surface area contributed by atoms with Crippen LogP contribution in [-0.2, 0) is 4.79 Å². The predicted octanol–water partition coefficient (Wildman–Crippen LogP) is 0.754. The average molecular weight is 251 g/mol. The van der Waals surface area contributed by atoms with Gasteiger partial charge < -0.3 is 19.8 Å². The highest BCUT2D eigenvalue weighted by atomic mass is 16.5. The van der Waals surface area contributed by atoms with Crippen LogP contribution in [0.5, 0.6) is 11.5 Å². The molecule has 1 heterocycles. The largest absolute Gasteiger partial charge is 0.504 e. The number of amides is 1. The second-order valence-corrected chi connectivity index (χ2v) is 4.37. The van der Waals surface area contributed by atoms with E-state index in [0.717, 1.165) is 0 Å². The molecule has 0 bridgehead atoms. The number of benzene rings is 1. The van der Waals surface area contributed by atoms with Gasteiger partial charge in [0.05, 0.1) is 6.10 Å². The van der Waals surface area contributed by atoms with Crippen molar-refractivity contribution in [2.75, 3.05) is 19.7 Å². The van der Waals surface area contributed by atoms with Crippen LogP contribution in [0.3, 0.4) is 0 Å². The summed E-state index contributed by atoms with van der Waals surface area (Å²) in [7, 11) is 0. The number of carbonyl (C=O) groups excluding carboxylic acids is 1. The van der Waals surface area contributed by atoms with Crippen LogP contribution in [0.4, 0.5) is 0 Å². The van der Waals surface area contributed by atoms with Crippen LogP contribution < -0.4 is 4.74 Å². The molecule has 2 N–H and O–H groups in total. The smallest absolute Gasteiger partial charge is 0.260 e. The SMILES string of the molecule is O=C(COc1ccccc1O)N1CCC(O)CC1. The van der Waals surface area contributed by atoms with Gasteiger partial charge in [0.2, 0.25) is 0 Å². The summed E-state index contributed by atoms with van der Waals surface area (Å²) in [6.07, 6.45) is 0.929. The highest BCUT2D eigenvalue weighted by Gasteiger charge is 2.21. The van der Waals surface area contributed by atoms with Crippen LogP contribution in [0.1, 0.15) is 12.8 Å². The van der Waals surface area contributed by atoms with Gasteiger partial charge in [0.25, 0.3) is 5.91 Å². The van der Waals surface area contributed by atoms with E-state index in [1.807, 2.05) is 0 Å². The maximum absolute atomic E-state index is 11.8. The zero-order valence-corrected chi connectivity index (χ0v) is 10.1. The van der Waals surface area contributed by atoms with Gasteiger partial charge in [-0.1, -0.05) is 12.1 Å². The number of ether oxygens (including phenoxy) is 1. The summed E-state index contributed by atoms with van der Waals surface area (Å²) in [5.41, 5.74) is 0. The lowest BCUT2D eigenvalue weighted by atomic mass is 10.1. The molecule has 0 unspecified atom stereocenters. The molecule has 2 rings (SSSR count). The Kier molecular flexibility index (Phi) is 4.04. The zero-order chi connectivity index (χ0) is 13.0. The number of likely N-dealkylation sites (tertiary alicyclic amines) is 1. The quantitative estimate of drug-likeness (QED) is 0.832. The van der Waals surface area contributed by atoms with E-state index in [4.69, 9.17) is 4.74 Å². The first kappa shape index (κ1) is 12.7. The number of phenols is 1. The Bertz CT molecular complexity index is 413. The summed E-state index contributed by atoms with van der Waals surface area (Å²) >= 11 is 0. The van der Waals surface area contributed by atoms with Crippen molar-refractivity contribution >= 4 is 5.91 Å². The van der Waals surface area contributed by atoms with Crippen molar-refractivity contribution in [2.45, 2.75) is 18.9 Å². The number of hydrogen-bond donors (Lipinski definition) is 2. The molecule has 1 aromatic rings. The normalized spacial score (nSPS) is 16.6. The molecular formula is C13H17NO4. The molecule has 1 aliphatic heterocycles. The number of rotatable bonds is 3. The van der Waals surface area contributed by atoms with Crippen molar-refractivity contribution in [1.82, 2.24) is 4.90 Å². The summed E-state index contributed by atoms with van der Waals surface area (Å²) in [6.45, 7) is 1.03. The number of phenolic OH excluding ortho intramolecular Hbond substituents is 1. The molecule has 1 amide bonds. The third kappa shape index (κ3) is 3.13. The van der Waals surface area contributed by atoms with E-state index in [1.165, 1.54) is 6.07 Å². The fourth-order valence-electron chi connectivity index (χ4n) is 1.93. The first-order valence-corrected chi connectivity index (χ1v) is 6.03. The topological polar surface area (TPSA) is 70.0 Å². The molecule has 18 heavy (non-hydrogen) atoms. The van der Waals surface area contributed by atoms with Gasteiger partial charge >= 0.3 is 0 Å². The number of hydrogen-bond acceptors (Lipinski definition) is 4. The van der Waals surface area contributed by atoms with E-state index in [-0.39, 0.29) is 24.4 Å². The lowest BCUT2D eigenvalue weighted by Gasteiger charge is -2.29. The molecule has 1 fully saturated rings. The van der Waals surface area contributed by atoms with E-state index >= 15 is 0 Å². The van der Waals surface area contributed by atoms with E-state index in [1.54, 1.807) is 23.1 Å². The predicted molar refractivity (Wildman–Crippen MR) is 65.4 cm³/mol. The third-order valence-electron chi connectivity index (χ3n) is 3.03. The number of piperidine rings is 1. The standard InChI is InChI=1S/C13H17NO4/c15-10-5-7-14(8-6-10)13(17)9-18-12-4-2-1-3-11(12)16/h1-4,10,15-16H,5-9H2. The zero-order valence-electron chi connectivity index (χ0n) is 10.1. The molecule has 5 nitrogen and oxygen atoms in total. The van der Waals surface area contributed by atoms with Crippen molar-refractivity contribution < 1.29 is 19.7 Å². The molecule has 0 atom stereocenters. The van der Waals surface area contributed by atoms with Crippen LogP contribution in [0.25, 0.3) is 0 Å². The summed E-state index contributed by atoms with van der Waals surface area (Å²) in [5, 5.41) is 18.8. The first-order chi connectivity index (χ1) is 8.66. The Morgan fingerprint density at radius 3 is 2.67 bits per heavy atom. The monoisotopic (exact) mass is 251 g/mol. The molecule has 0 aromatic heterocycles. The summed E-state index contributed by atoms with van der Waals surface area (Å²) in [6, 6.07) is 6.55. The molecule has 1 aliphatic rings. The Morgan fingerprint density at radius 2 is 2.00 bits per heavy atom. The number of nitrogens with zero attached hydrogens (tertiary/aromatic N) is 1. The average Bonchev–Trinajstić information content (AvgIpc) is 2.38. The second kappa shape index (κ2) is 5.73. The maximum atomic E-state index is 11.8. The molecule has 0 spiro atoms. The van der Waals surface area contributed by atoms with Crippen molar-refractivity contribution in [3.8, 4) is 11.5 Å². The molecule has 0 aliphatic carbocycles. The maximum Gasteiger partial charge on any atom is 0.260 e. The fraction of sp³-hybridized carbons (Fsp3) is 0.462. The van der Waals surface area contributed by atoms with Crippen LogP contribution in [0.2, 0.25) is 0 Å². The molecule has 5 heteroatoms. The Labute approximate surface area is 106 Å². The van der Waals surface area contributed by atoms with Gasteiger partial charge in [-0.15, -0.1) is 0 Å². The highest BCUT2D eigenvalue weighted by Crippen LogP contribution is 2.24. The van der Waals surface area contributed by atoms with E-state index in [0.29, 0.717) is 31.7 Å². The number of carbonyl (C=O) groups is 1. The highest BCUT2D eigenvalue weighted by molar-refractivity contribution is 5.78. The first-order valence-electron chi connectivity index (χ1n) is 6.03. The molecule has 1 aromatic carbocycles. The minimum atomic E-state index is -0.298. The number of aromatic hydroxyl groups is 1. The fourth-order valence-corrected chi connectivity index (χ4v) is 1.93. The minimum absolute atomic E-state index is 0.0272. The summed E-state index contributed by atoms with van der Waals surface area (Å²) in [4.78, 5) is 13.5. The molecule has 0 saturated carbocycles. The number of aliphatic hydroxyl groups is 1. The van der Waals surface area contributed by atoms with Gasteiger partial charge in [-0.2, -0.15) is 0 Å². The van der Waals surface area contributed by atoms with Gasteiger partial charge in [-0.05, 0) is 25.0 Å². The molecule has 1 saturated heterocycles. The van der Waals surface area contributed by atoms with Crippen molar-refractivity contribution in [2.24, 2.45) is 0 Å². The van der Waals surface area contributed by atoms with Crippen molar-refractivity contribution in [1.29, 1.82) is 0 Å². The van der Waals surface area contributed by atoms with Gasteiger partial charge in [-0.3, -0.25) is 4.79 Å². The molecular weight excluding hydrogens is 234 g/mol. The van der Waals surface area contributed by atoms with E-state index in [9.17, 15) is 15.0 Å². The summed E-state index contributed by atoms with van der Waals surface area (Å²) in [5.74, 6) is 0.215. The molecule has 0 radical (unpaired) electrons. The van der Waals surface area contributed by atoms with Crippen LogP contribution >= 0.6 is 0 Å². The van der Waals surface area contributed by atoms with Gasteiger partial charge in [-0.25, -0.2) is 0 Å². The number of para-hydroxylation sites is 2. The van der Waals surface area contributed by atoms with Gasteiger partial charge in [0, 0.05) is 13.1 Å². The lowest BCUT2D eigenvalue weighted by Crippen LogP contribution is -2.42. The Balaban J connectivity index is 1.83. The van der Waals surface area contributed by atoms with E-state index < -0.39 is 0 Å². The van der Waals surface area contributed by atoms with Crippen molar-refractivity contribution in [3.63, 3.8) is 0 Å². The van der Waals surface area contributed by atoms with E-state index in [2.05, 4.69) is 0 Å². The third-order valence-corrected chi connectivity index (χ3v) is 3.03. The number of aliphatic hydroxyl groups excluding tert-OH is 1. The van der Waals surface area contributed by atoms with Gasteiger partial charge in [0.15, 0.2) is 18.1 Å². The van der Waals surface area contributed by atoms with Crippen LogP contribution in [0.15, 0.2) is 24.3 Å². The second-order valence-electron chi connectivity index (χ2n) is 4.37. The van der Waals surface area contributed by atoms with Crippen LogP contribution in [0, 0.1) is 0 Å². The summed E-state index contributed by atoms with van der Waals surface area (Å²) < 4.78 is 5.27.